The van der Waals surface area contributed by atoms with Crippen molar-refractivity contribution in [3.63, 3.8) is 0 Å². The van der Waals surface area contributed by atoms with Crippen LogP contribution in [0.1, 0.15) is 37.2 Å². The molecule has 0 fully saturated rings. The second kappa shape index (κ2) is 5.97. The van der Waals surface area contributed by atoms with Gasteiger partial charge >= 0.3 is 0 Å². The Bertz CT molecular complexity index is 617. The van der Waals surface area contributed by atoms with E-state index in [0.717, 1.165) is 22.7 Å². The van der Waals surface area contributed by atoms with E-state index >= 15 is 0 Å². The Morgan fingerprint density at radius 3 is 2.70 bits per heavy atom. The second-order valence-electron chi connectivity index (χ2n) is 5.02. The van der Waals surface area contributed by atoms with Crippen LogP contribution in [0.5, 0.6) is 0 Å². The molecule has 0 bridgehead atoms. The fourth-order valence-electron chi connectivity index (χ4n) is 1.98. The predicted octanol–water partition coefficient (Wildman–Crippen LogP) is 3.44. The Kier molecular flexibility index (Phi) is 4.50. The molecule has 0 aliphatic carbocycles. The van der Waals surface area contributed by atoms with Crippen molar-refractivity contribution in [1.29, 1.82) is 0 Å². The third kappa shape index (κ3) is 3.04. The summed E-state index contributed by atoms with van der Waals surface area (Å²) in [7, 11) is 0. The van der Waals surface area contributed by atoms with E-state index in [9.17, 15) is 4.79 Å². The first-order chi connectivity index (χ1) is 9.49. The first-order valence-electron chi connectivity index (χ1n) is 6.74. The summed E-state index contributed by atoms with van der Waals surface area (Å²) in [6.45, 7) is 4.49. The van der Waals surface area contributed by atoms with Crippen molar-refractivity contribution in [1.82, 2.24) is 5.32 Å². The number of carbonyl (C=O) groups is 1. The molecule has 20 heavy (non-hydrogen) atoms. The molecule has 0 aliphatic heterocycles. The molecule has 0 atom stereocenters. The van der Waals surface area contributed by atoms with Crippen molar-refractivity contribution < 1.29 is 9.21 Å². The predicted molar refractivity (Wildman–Crippen MR) is 83.7 cm³/mol. The fraction of sp³-hybridized carbons (Fsp3) is 0.400. The molecule has 1 aromatic carbocycles. The number of hydrogen-bond acceptors (Lipinski definition) is 3. The van der Waals surface area contributed by atoms with E-state index < -0.39 is 0 Å². The molecule has 2 rings (SSSR count). The maximum Gasteiger partial charge on any atom is 0.287 e. The number of nitrogens with one attached hydrogen (secondary N) is 1. The van der Waals surface area contributed by atoms with Crippen LogP contribution >= 0.6 is 15.9 Å². The lowest BCUT2D eigenvalue weighted by Gasteiger charge is -2.26. The van der Waals surface area contributed by atoms with E-state index in [-0.39, 0.29) is 11.4 Å². The summed E-state index contributed by atoms with van der Waals surface area (Å²) in [4.78, 5) is 12.1. The number of benzene rings is 1. The van der Waals surface area contributed by atoms with E-state index in [1.165, 1.54) is 0 Å². The van der Waals surface area contributed by atoms with Crippen molar-refractivity contribution in [2.45, 2.75) is 32.2 Å². The van der Waals surface area contributed by atoms with Gasteiger partial charge in [0.15, 0.2) is 5.76 Å². The molecular weight excluding hydrogens is 320 g/mol. The van der Waals surface area contributed by atoms with Gasteiger partial charge in [0.2, 0.25) is 0 Å². The summed E-state index contributed by atoms with van der Waals surface area (Å²) in [5.41, 5.74) is 6.49. The summed E-state index contributed by atoms with van der Waals surface area (Å²) >= 11 is 3.41. The summed E-state index contributed by atoms with van der Waals surface area (Å²) in [5.74, 6) is 0.0753. The zero-order chi connectivity index (χ0) is 14.8. The Balaban J connectivity index is 2.14. The van der Waals surface area contributed by atoms with E-state index in [1.807, 2.05) is 32.0 Å². The van der Waals surface area contributed by atoms with Crippen LogP contribution in [0.25, 0.3) is 11.0 Å². The standard InChI is InChI=1S/C15H19BrN2O2/c1-3-15(17,4-2)9-18-14(19)12-8-10-6-5-7-11(16)13(10)20-12/h5-8H,3-4,9,17H2,1-2H3,(H,18,19). The average molecular weight is 339 g/mol. The molecule has 0 saturated carbocycles. The number of halogens is 1. The molecule has 0 radical (unpaired) electrons. The van der Waals surface area contributed by atoms with E-state index in [0.29, 0.717) is 17.9 Å². The highest BCUT2D eigenvalue weighted by Gasteiger charge is 2.22. The van der Waals surface area contributed by atoms with Gasteiger partial charge in [-0.2, -0.15) is 0 Å². The Hall–Kier alpha value is -1.33. The smallest absolute Gasteiger partial charge is 0.287 e. The van der Waals surface area contributed by atoms with Gasteiger partial charge in [-0.25, -0.2) is 0 Å². The molecule has 0 unspecified atom stereocenters. The van der Waals surface area contributed by atoms with Crippen molar-refractivity contribution in [2.75, 3.05) is 6.54 Å². The topological polar surface area (TPSA) is 68.3 Å². The van der Waals surface area contributed by atoms with E-state index in [1.54, 1.807) is 6.07 Å². The van der Waals surface area contributed by atoms with Crippen molar-refractivity contribution >= 4 is 32.8 Å². The summed E-state index contributed by atoms with van der Waals surface area (Å²) in [6, 6.07) is 7.44. The van der Waals surface area contributed by atoms with Crippen LogP contribution in [0.4, 0.5) is 0 Å². The molecule has 1 heterocycles. The minimum absolute atomic E-state index is 0.232. The summed E-state index contributed by atoms with van der Waals surface area (Å²) in [5, 5.41) is 3.75. The second-order valence-corrected chi connectivity index (χ2v) is 5.88. The quantitative estimate of drug-likeness (QED) is 0.877. The molecule has 4 nitrogen and oxygen atoms in total. The van der Waals surface area contributed by atoms with Gasteiger partial charge in [0.25, 0.3) is 5.91 Å². The zero-order valence-electron chi connectivity index (χ0n) is 11.7. The fourth-order valence-corrected chi connectivity index (χ4v) is 2.45. The van der Waals surface area contributed by atoms with Gasteiger partial charge in [-0.15, -0.1) is 0 Å². The van der Waals surface area contributed by atoms with Crippen LogP contribution in [0.15, 0.2) is 33.2 Å². The van der Waals surface area contributed by atoms with Gasteiger partial charge in [-0.05, 0) is 40.9 Å². The largest absolute Gasteiger partial charge is 0.450 e. The van der Waals surface area contributed by atoms with Gasteiger partial charge in [0.1, 0.15) is 5.58 Å². The van der Waals surface area contributed by atoms with Crippen LogP contribution in [0.3, 0.4) is 0 Å². The monoisotopic (exact) mass is 338 g/mol. The van der Waals surface area contributed by atoms with Crippen molar-refractivity contribution in [2.24, 2.45) is 5.73 Å². The molecule has 0 aliphatic rings. The van der Waals surface area contributed by atoms with Crippen LogP contribution in [0.2, 0.25) is 0 Å². The Morgan fingerprint density at radius 2 is 2.10 bits per heavy atom. The number of para-hydroxylation sites is 1. The highest BCUT2D eigenvalue weighted by molar-refractivity contribution is 9.10. The average Bonchev–Trinajstić information content (AvgIpc) is 2.90. The lowest BCUT2D eigenvalue weighted by atomic mass is 9.94. The number of amides is 1. The van der Waals surface area contributed by atoms with Crippen LogP contribution in [0, 0.1) is 0 Å². The molecule has 1 aromatic heterocycles. The van der Waals surface area contributed by atoms with Crippen LogP contribution in [-0.4, -0.2) is 18.0 Å². The molecule has 1 amide bonds. The molecular formula is C15H19BrN2O2. The number of hydrogen-bond donors (Lipinski definition) is 2. The third-order valence-electron chi connectivity index (χ3n) is 3.73. The SMILES string of the molecule is CCC(N)(CC)CNC(=O)c1cc2cccc(Br)c2o1. The highest BCUT2D eigenvalue weighted by atomic mass is 79.9. The van der Waals surface area contributed by atoms with Crippen molar-refractivity contribution in [3.05, 3.63) is 34.5 Å². The number of rotatable bonds is 5. The van der Waals surface area contributed by atoms with Gasteiger partial charge in [-0.1, -0.05) is 26.0 Å². The summed E-state index contributed by atoms with van der Waals surface area (Å²) in [6.07, 6.45) is 1.63. The maximum absolute atomic E-state index is 12.1. The first kappa shape index (κ1) is 15.1. The molecule has 5 heteroatoms. The normalized spacial score (nSPS) is 11.8. The van der Waals surface area contributed by atoms with Gasteiger partial charge in [0, 0.05) is 17.5 Å². The summed E-state index contributed by atoms with van der Waals surface area (Å²) < 4.78 is 6.43. The third-order valence-corrected chi connectivity index (χ3v) is 4.35. The van der Waals surface area contributed by atoms with Gasteiger partial charge in [0.05, 0.1) is 4.47 Å². The zero-order valence-corrected chi connectivity index (χ0v) is 13.3. The minimum atomic E-state index is -0.359. The van der Waals surface area contributed by atoms with Gasteiger partial charge < -0.3 is 15.5 Å². The lowest BCUT2D eigenvalue weighted by Crippen LogP contribution is -2.49. The lowest BCUT2D eigenvalue weighted by molar-refractivity contribution is 0.0916. The number of furan rings is 1. The molecule has 0 spiro atoms. The van der Waals surface area contributed by atoms with E-state index in [2.05, 4.69) is 21.2 Å². The first-order valence-corrected chi connectivity index (χ1v) is 7.53. The highest BCUT2D eigenvalue weighted by Crippen LogP contribution is 2.26. The number of fused-ring (bicyclic) bond motifs is 1. The minimum Gasteiger partial charge on any atom is -0.450 e. The van der Waals surface area contributed by atoms with Crippen molar-refractivity contribution in [3.8, 4) is 0 Å². The molecule has 3 N–H and O–H groups in total. The van der Waals surface area contributed by atoms with Crippen LogP contribution < -0.4 is 11.1 Å². The van der Waals surface area contributed by atoms with E-state index in [4.69, 9.17) is 10.2 Å². The van der Waals surface area contributed by atoms with Gasteiger partial charge in [-0.3, -0.25) is 4.79 Å². The molecule has 0 saturated heterocycles. The molecule has 108 valence electrons. The maximum atomic E-state index is 12.1. The Morgan fingerprint density at radius 1 is 1.40 bits per heavy atom. The molecule has 2 aromatic rings. The van der Waals surface area contributed by atoms with Crippen LogP contribution in [-0.2, 0) is 0 Å². The Labute approximate surface area is 126 Å². The number of nitrogens with two attached hydrogens (primary N) is 1. The number of carbonyl (C=O) groups excluding carboxylic acids is 1.